The largest absolute Gasteiger partial charge is 0.496 e. The SMILES string of the molecule is COc1ccc(CC2(C(=O)O)C=CCO2)cc1CNC(=O)c1ccc(OC(C)C)cc1Cl. The van der Waals surface area contributed by atoms with E-state index in [-0.39, 0.29) is 36.6 Å². The van der Waals surface area contributed by atoms with Crippen molar-refractivity contribution in [3.05, 3.63) is 70.3 Å². The molecule has 1 amide bonds. The normalized spacial score (nSPS) is 17.4. The molecule has 0 bridgehead atoms. The lowest BCUT2D eigenvalue weighted by Crippen LogP contribution is -2.39. The number of hydrogen-bond acceptors (Lipinski definition) is 5. The Morgan fingerprint density at radius 3 is 2.62 bits per heavy atom. The number of hydrogen-bond donors (Lipinski definition) is 2. The standard InChI is InChI=1S/C24H26ClNO6/c1-15(2)32-18-6-7-19(20(25)12-18)22(27)26-14-17-11-16(5-8-21(17)30-3)13-24(23(28)29)9-4-10-31-24/h4-9,11-12,15H,10,13-14H2,1-3H3,(H,26,27)(H,28,29). The minimum Gasteiger partial charge on any atom is -0.496 e. The summed E-state index contributed by atoms with van der Waals surface area (Å²) in [5, 5.41) is 12.7. The number of carboxylic acid groups (broad SMARTS) is 1. The highest BCUT2D eigenvalue weighted by molar-refractivity contribution is 6.34. The molecule has 2 aromatic carbocycles. The van der Waals surface area contributed by atoms with Crippen molar-refractivity contribution < 1.29 is 28.9 Å². The van der Waals surface area contributed by atoms with E-state index < -0.39 is 11.6 Å². The van der Waals surface area contributed by atoms with Crippen molar-refractivity contribution in [2.45, 2.75) is 38.5 Å². The van der Waals surface area contributed by atoms with Gasteiger partial charge in [-0.25, -0.2) is 4.79 Å². The smallest absolute Gasteiger partial charge is 0.340 e. The fourth-order valence-corrected chi connectivity index (χ4v) is 3.74. The monoisotopic (exact) mass is 459 g/mol. The van der Waals surface area contributed by atoms with E-state index in [1.165, 1.54) is 7.11 Å². The van der Waals surface area contributed by atoms with Gasteiger partial charge in [0.15, 0.2) is 5.60 Å². The Labute approximate surface area is 191 Å². The second-order valence-electron chi connectivity index (χ2n) is 7.72. The molecule has 0 aliphatic carbocycles. The Morgan fingerprint density at radius 1 is 1.25 bits per heavy atom. The summed E-state index contributed by atoms with van der Waals surface area (Å²) >= 11 is 6.27. The second-order valence-corrected chi connectivity index (χ2v) is 8.13. The van der Waals surface area contributed by atoms with Crippen molar-refractivity contribution >= 4 is 23.5 Å². The molecule has 0 radical (unpaired) electrons. The summed E-state index contributed by atoms with van der Waals surface area (Å²) in [6.45, 7) is 4.24. The van der Waals surface area contributed by atoms with Crippen LogP contribution in [0.2, 0.25) is 5.02 Å². The van der Waals surface area contributed by atoms with E-state index in [0.29, 0.717) is 22.6 Å². The molecule has 0 aromatic heterocycles. The van der Waals surface area contributed by atoms with Crippen molar-refractivity contribution in [1.29, 1.82) is 0 Å². The summed E-state index contributed by atoms with van der Waals surface area (Å²) in [6.07, 6.45) is 3.42. The Morgan fingerprint density at radius 2 is 2.03 bits per heavy atom. The maximum atomic E-state index is 12.7. The number of nitrogens with one attached hydrogen (secondary N) is 1. The van der Waals surface area contributed by atoms with E-state index in [2.05, 4.69) is 5.32 Å². The molecule has 1 aliphatic rings. The number of halogens is 1. The first-order valence-electron chi connectivity index (χ1n) is 10.2. The number of aliphatic carboxylic acids is 1. The highest BCUT2D eigenvalue weighted by atomic mass is 35.5. The zero-order chi connectivity index (χ0) is 23.3. The third-order valence-electron chi connectivity index (χ3n) is 4.99. The Kier molecular flexibility index (Phi) is 7.43. The summed E-state index contributed by atoms with van der Waals surface area (Å²) in [5.41, 5.74) is 0.392. The number of carboxylic acids is 1. The van der Waals surface area contributed by atoms with Gasteiger partial charge >= 0.3 is 5.97 Å². The van der Waals surface area contributed by atoms with Crippen molar-refractivity contribution in [3.63, 3.8) is 0 Å². The van der Waals surface area contributed by atoms with Crippen LogP contribution in [-0.2, 0) is 22.5 Å². The fraction of sp³-hybridized carbons (Fsp3) is 0.333. The lowest BCUT2D eigenvalue weighted by Gasteiger charge is -2.22. The first kappa shape index (κ1) is 23.6. The molecule has 3 rings (SSSR count). The molecule has 0 saturated carbocycles. The number of carbonyl (C=O) groups is 2. The van der Waals surface area contributed by atoms with Crippen molar-refractivity contribution in [3.8, 4) is 11.5 Å². The number of amides is 1. The Hall–Kier alpha value is -3.03. The van der Waals surface area contributed by atoms with Crippen LogP contribution in [0.25, 0.3) is 0 Å². The Balaban J connectivity index is 1.74. The average molecular weight is 460 g/mol. The summed E-state index contributed by atoms with van der Waals surface area (Å²) in [6, 6.07) is 10.3. The minimum absolute atomic E-state index is 0.00382. The third kappa shape index (κ3) is 5.41. The van der Waals surface area contributed by atoms with Crippen LogP contribution < -0.4 is 14.8 Å². The van der Waals surface area contributed by atoms with Crippen molar-refractivity contribution in [1.82, 2.24) is 5.32 Å². The first-order chi connectivity index (χ1) is 15.2. The summed E-state index contributed by atoms with van der Waals surface area (Å²) in [5.74, 6) is -0.223. The van der Waals surface area contributed by atoms with E-state index in [0.717, 1.165) is 5.56 Å². The Bertz CT molecular complexity index is 1040. The molecule has 2 N–H and O–H groups in total. The molecule has 7 nitrogen and oxygen atoms in total. The van der Waals surface area contributed by atoms with Gasteiger partial charge in [0, 0.05) is 18.5 Å². The van der Waals surface area contributed by atoms with E-state index in [9.17, 15) is 14.7 Å². The number of ether oxygens (including phenoxy) is 3. The third-order valence-corrected chi connectivity index (χ3v) is 5.31. The van der Waals surface area contributed by atoms with Gasteiger partial charge in [-0.2, -0.15) is 0 Å². The molecule has 1 aliphatic heterocycles. The number of rotatable bonds is 9. The van der Waals surface area contributed by atoms with Crippen LogP contribution in [0.4, 0.5) is 0 Å². The van der Waals surface area contributed by atoms with Crippen LogP contribution in [-0.4, -0.2) is 42.4 Å². The summed E-state index contributed by atoms with van der Waals surface area (Å²) < 4.78 is 16.5. The second kappa shape index (κ2) is 10.1. The molecular weight excluding hydrogens is 434 g/mol. The maximum absolute atomic E-state index is 12.7. The highest BCUT2D eigenvalue weighted by Crippen LogP contribution is 2.28. The minimum atomic E-state index is -1.39. The van der Waals surface area contributed by atoms with Gasteiger partial charge in [-0.1, -0.05) is 29.8 Å². The summed E-state index contributed by atoms with van der Waals surface area (Å²) in [7, 11) is 1.53. The van der Waals surface area contributed by atoms with Gasteiger partial charge in [0.25, 0.3) is 5.91 Å². The van der Waals surface area contributed by atoms with E-state index in [1.807, 2.05) is 13.8 Å². The first-order valence-corrected chi connectivity index (χ1v) is 10.6. The maximum Gasteiger partial charge on any atom is 0.340 e. The summed E-state index contributed by atoms with van der Waals surface area (Å²) in [4.78, 5) is 24.4. The van der Waals surface area contributed by atoms with Crippen LogP contribution >= 0.6 is 11.6 Å². The quantitative estimate of drug-likeness (QED) is 0.550. The molecule has 32 heavy (non-hydrogen) atoms. The molecule has 170 valence electrons. The molecule has 8 heteroatoms. The predicted molar refractivity (Wildman–Crippen MR) is 121 cm³/mol. The van der Waals surface area contributed by atoms with Crippen LogP contribution in [0.5, 0.6) is 11.5 Å². The molecule has 0 saturated heterocycles. The van der Waals surface area contributed by atoms with E-state index in [1.54, 1.807) is 48.6 Å². The lowest BCUT2D eigenvalue weighted by atomic mass is 9.93. The van der Waals surface area contributed by atoms with Crippen molar-refractivity contribution in [2.75, 3.05) is 13.7 Å². The van der Waals surface area contributed by atoms with Crippen LogP contribution in [0.3, 0.4) is 0 Å². The van der Waals surface area contributed by atoms with Gasteiger partial charge < -0.3 is 24.6 Å². The van der Waals surface area contributed by atoms with Gasteiger partial charge in [0.2, 0.25) is 0 Å². The highest BCUT2D eigenvalue weighted by Gasteiger charge is 2.39. The molecule has 0 fully saturated rings. The van der Waals surface area contributed by atoms with Crippen LogP contribution in [0.15, 0.2) is 48.6 Å². The molecule has 0 spiro atoms. The van der Waals surface area contributed by atoms with Gasteiger partial charge in [-0.05, 0) is 49.8 Å². The van der Waals surface area contributed by atoms with Gasteiger partial charge in [0.05, 0.1) is 30.4 Å². The fourth-order valence-electron chi connectivity index (χ4n) is 3.48. The molecule has 1 unspecified atom stereocenters. The number of benzene rings is 2. The van der Waals surface area contributed by atoms with E-state index >= 15 is 0 Å². The predicted octanol–water partition coefficient (Wildman–Crippen LogP) is 4.02. The molecule has 2 aromatic rings. The number of carbonyl (C=O) groups excluding carboxylic acids is 1. The zero-order valence-electron chi connectivity index (χ0n) is 18.2. The topological polar surface area (TPSA) is 94.1 Å². The van der Waals surface area contributed by atoms with E-state index in [4.69, 9.17) is 25.8 Å². The lowest BCUT2D eigenvalue weighted by molar-refractivity contribution is -0.156. The molecular formula is C24H26ClNO6. The zero-order valence-corrected chi connectivity index (χ0v) is 18.9. The van der Waals surface area contributed by atoms with Crippen LogP contribution in [0, 0.1) is 0 Å². The molecule has 1 atom stereocenters. The van der Waals surface area contributed by atoms with Crippen LogP contribution in [0.1, 0.15) is 35.3 Å². The molecule has 1 heterocycles. The van der Waals surface area contributed by atoms with Gasteiger partial charge in [0.1, 0.15) is 11.5 Å². The van der Waals surface area contributed by atoms with Crippen molar-refractivity contribution in [2.24, 2.45) is 0 Å². The average Bonchev–Trinajstić information content (AvgIpc) is 3.22. The number of methoxy groups -OCH3 is 1. The van der Waals surface area contributed by atoms with Gasteiger partial charge in [-0.3, -0.25) is 4.79 Å². The van der Waals surface area contributed by atoms with Gasteiger partial charge in [-0.15, -0.1) is 0 Å².